The Kier molecular flexibility index (Phi) is 5.73. The molecule has 1 saturated carbocycles. The summed E-state index contributed by atoms with van der Waals surface area (Å²) in [5, 5.41) is 12.9. The molecular formula is C13H28N2O. The number of hydrogen-bond donors (Lipinski definition) is 2. The van der Waals surface area contributed by atoms with Gasteiger partial charge in [0, 0.05) is 12.6 Å². The number of aliphatic hydroxyl groups is 1. The molecule has 0 amide bonds. The summed E-state index contributed by atoms with van der Waals surface area (Å²) in [5.41, 5.74) is -0.145. The van der Waals surface area contributed by atoms with Gasteiger partial charge < -0.3 is 10.4 Å². The summed E-state index contributed by atoms with van der Waals surface area (Å²) in [6.45, 7) is 9.61. The molecule has 0 bridgehead atoms. The van der Waals surface area contributed by atoms with Gasteiger partial charge in [-0.25, -0.2) is 0 Å². The Balaban J connectivity index is 2.52. The van der Waals surface area contributed by atoms with Crippen LogP contribution in [0.3, 0.4) is 0 Å². The average molecular weight is 228 g/mol. The molecule has 1 unspecified atom stereocenters. The van der Waals surface area contributed by atoms with E-state index in [4.69, 9.17) is 0 Å². The van der Waals surface area contributed by atoms with Crippen molar-refractivity contribution in [2.75, 3.05) is 26.2 Å². The minimum Gasteiger partial charge on any atom is -0.394 e. The second-order valence-corrected chi connectivity index (χ2v) is 5.25. The first-order valence-electron chi connectivity index (χ1n) is 6.75. The fraction of sp³-hybridized carbons (Fsp3) is 1.00. The Morgan fingerprint density at radius 1 is 1.31 bits per heavy atom. The molecule has 0 aromatic heterocycles. The molecule has 0 saturated heterocycles. The summed E-state index contributed by atoms with van der Waals surface area (Å²) in [5.74, 6) is 0. The van der Waals surface area contributed by atoms with E-state index in [0.717, 1.165) is 25.7 Å². The van der Waals surface area contributed by atoms with Crippen molar-refractivity contribution in [1.82, 2.24) is 10.2 Å². The van der Waals surface area contributed by atoms with Crippen molar-refractivity contribution in [3.63, 3.8) is 0 Å². The molecule has 96 valence electrons. The zero-order valence-electron chi connectivity index (χ0n) is 11.1. The van der Waals surface area contributed by atoms with Crippen LogP contribution in [0.1, 0.15) is 46.5 Å². The highest BCUT2D eigenvalue weighted by Gasteiger charge is 2.29. The van der Waals surface area contributed by atoms with E-state index in [1.807, 2.05) is 0 Å². The van der Waals surface area contributed by atoms with Crippen molar-refractivity contribution in [3.05, 3.63) is 0 Å². The Morgan fingerprint density at radius 3 is 2.38 bits per heavy atom. The third-order valence-corrected chi connectivity index (χ3v) is 3.75. The average Bonchev–Trinajstić information content (AvgIpc) is 2.80. The van der Waals surface area contributed by atoms with Gasteiger partial charge in [-0.3, -0.25) is 4.90 Å². The molecule has 0 aromatic carbocycles. The lowest BCUT2D eigenvalue weighted by atomic mass is 10.0. The van der Waals surface area contributed by atoms with Gasteiger partial charge in [-0.05, 0) is 32.9 Å². The van der Waals surface area contributed by atoms with Gasteiger partial charge in [-0.15, -0.1) is 0 Å². The van der Waals surface area contributed by atoms with Gasteiger partial charge >= 0.3 is 0 Å². The van der Waals surface area contributed by atoms with Crippen molar-refractivity contribution < 1.29 is 5.11 Å². The Bertz CT molecular complexity index is 192. The number of nitrogens with zero attached hydrogens (tertiary/aromatic N) is 1. The number of nitrogens with one attached hydrogen (secondary N) is 1. The van der Waals surface area contributed by atoms with Crippen molar-refractivity contribution in [1.29, 1.82) is 0 Å². The molecule has 1 aliphatic carbocycles. The summed E-state index contributed by atoms with van der Waals surface area (Å²) in [4.78, 5) is 2.53. The van der Waals surface area contributed by atoms with Gasteiger partial charge in [0.1, 0.15) is 0 Å². The molecule has 1 rings (SSSR count). The Morgan fingerprint density at radius 2 is 1.94 bits per heavy atom. The summed E-state index contributed by atoms with van der Waals surface area (Å²) < 4.78 is 0. The Hall–Kier alpha value is -0.120. The second-order valence-electron chi connectivity index (χ2n) is 5.25. The molecule has 1 fully saturated rings. The van der Waals surface area contributed by atoms with Crippen molar-refractivity contribution in [2.45, 2.75) is 58.0 Å². The van der Waals surface area contributed by atoms with E-state index in [0.29, 0.717) is 0 Å². The van der Waals surface area contributed by atoms with Crippen LogP contribution in [0.2, 0.25) is 0 Å². The molecule has 0 aliphatic heterocycles. The maximum absolute atomic E-state index is 9.51. The molecule has 0 radical (unpaired) electrons. The van der Waals surface area contributed by atoms with E-state index in [9.17, 15) is 5.11 Å². The van der Waals surface area contributed by atoms with Crippen LogP contribution in [-0.2, 0) is 0 Å². The van der Waals surface area contributed by atoms with Crippen LogP contribution in [-0.4, -0.2) is 47.8 Å². The number of hydrogen-bond acceptors (Lipinski definition) is 3. The zero-order valence-corrected chi connectivity index (χ0v) is 11.1. The van der Waals surface area contributed by atoms with Gasteiger partial charge in [0.25, 0.3) is 0 Å². The van der Waals surface area contributed by atoms with Crippen molar-refractivity contribution in [3.8, 4) is 0 Å². The number of likely N-dealkylation sites (N-methyl/N-ethyl adjacent to an activating group) is 2. The molecule has 1 atom stereocenters. The molecule has 0 aromatic rings. The van der Waals surface area contributed by atoms with E-state index in [1.54, 1.807) is 0 Å². The van der Waals surface area contributed by atoms with Crippen molar-refractivity contribution in [2.24, 2.45) is 0 Å². The normalized spacial score (nSPS) is 21.6. The van der Waals surface area contributed by atoms with Crippen LogP contribution in [0.4, 0.5) is 0 Å². The topological polar surface area (TPSA) is 35.5 Å². The lowest BCUT2D eigenvalue weighted by Gasteiger charge is -2.37. The van der Waals surface area contributed by atoms with Crippen LogP contribution in [0, 0.1) is 0 Å². The fourth-order valence-corrected chi connectivity index (χ4v) is 2.81. The second kappa shape index (κ2) is 6.58. The minimum absolute atomic E-state index is 0.145. The largest absolute Gasteiger partial charge is 0.394 e. The monoisotopic (exact) mass is 228 g/mol. The lowest BCUT2D eigenvalue weighted by molar-refractivity contribution is 0.100. The summed E-state index contributed by atoms with van der Waals surface area (Å²) in [7, 11) is 0. The maximum Gasteiger partial charge on any atom is 0.0623 e. The first kappa shape index (κ1) is 13.9. The lowest BCUT2D eigenvalue weighted by Crippen LogP contribution is -2.55. The molecule has 0 spiro atoms. The van der Waals surface area contributed by atoms with Crippen LogP contribution < -0.4 is 5.32 Å². The molecule has 3 nitrogen and oxygen atoms in total. The number of rotatable bonds is 7. The van der Waals surface area contributed by atoms with Crippen LogP contribution in [0.25, 0.3) is 0 Å². The maximum atomic E-state index is 9.51. The van der Waals surface area contributed by atoms with Gasteiger partial charge in [-0.1, -0.05) is 26.7 Å². The smallest absolute Gasteiger partial charge is 0.0623 e. The Labute approximate surface area is 100 Å². The first-order valence-corrected chi connectivity index (χ1v) is 6.75. The molecular weight excluding hydrogens is 200 g/mol. The molecule has 3 heteroatoms. The molecule has 2 N–H and O–H groups in total. The van der Waals surface area contributed by atoms with Crippen LogP contribution in [0.15, 0.2) is 0 Å². The quantitative estimate of drug-likeness (QED) is 0.695. The highest BCUT2D eigenvalue weighted by atomic mass is 16.3. The van der Waals surface area contributed by atoms with E-state index in [2.05, 4.69) is 31.0 Å². The van der Waals surface area contributed by atoms with Gasteiger partial charge in [0.2, 0.25) is 0 Å². The zero-order chi connectivity index (χ0) is 12.0. The molecule has 16 heavy (non-hydrogen) atoms. The van der Waals surface area contributed by atoms with E-state index >= 15 is 0 Å². The highest BCUT2D eigenvalue weighted by Crippen LogP contribution is 2.24. The minimum atomic E-state index is -0.145. The van der Waals surface area contributed by atoms with Crippen molar-refractivity contribution >= 4 is 0 Å². The van der Waals surface area contributed by atoms with Gasteiger partial charge in [-0.2, -0.15) is 0 Å². The summed E-state index contributed by atoms with van der Waals surface area (Å²) >= 11 is 0. The van der Waals surface area contributed by atoms with Gasteiger partial charge in [0.05, 0.1) is 12.1 Å². The first-order chi connectivity index (χ1) is 7.65. The molecule has 0 heterocycles. The number of aliphatic hydroxyl groups excluding tert-OH is 1. The highest BCUT2D eigenvalue weighted by molar-refractivity contribution is 4.88. The standard InChI is InChI=1S/C13H28N2O/c1-4-14-13(3,11-16)10-15(5-2)12-8-6-7-9-12/h12,14,16H,4-11H2,1-3H3. The summed E-state index contributed by atoms with van der Waals surface area (Å²) in [6.07, 6.45) is 5.42. The summed E-state index contributed by atoms with van der Waals surface area (Å²) in [6, 6.07) is 0.745. The third-order valence-electron chi connectivity index (χ3n) is 3.75. The SMILES string of the molecule is CCNC(C)(CO)CN(CC)C1CCCC1. The van der Waals surface area contributed by atoms with E-state index < -0.39 is 0 Å². The van der Waals surface area contributed by atoms with E-state index in [-0.39, 0.29) is 12.1 Å². The van der Waals surface area contributed by atoms with Crippen LogP contribution in [0.5, 0.6) is 0 Å². The predicted octanol–water partition coefficient (Wildman–Crippen LogP) is 1.61. The van der Waals surface area contributed by atoms with Gasteiger partial charge in [0.15, 0.2) is 0 Å². The van der Waals surface area contributed by atoms with Crippen LogP contribution >= 0.6 is 0 Å². The predicted molar refractivity (Wildman–Crippen MR) is 68.7 cm³/mol. The fourth-order valence-electron chi connectivity index (χ4n) is 2.81. The van der Waals surface area contributed by atoms with E-state index in [1.165, 1.54) is 25.7 Å². The molecule has 1 aliphatic rings. The third kappa shape index (κ3) is 3.72.